The summed E-state index contributed by atoms with van der Waals surface area (Å²) in [5.41, 5.74) is 5.86. The van der Waals surface area contributed by atoms with Gasteiger partial charge < -0.3 is 16.4 Å². The Morgan fingerprint density at radius 1 is 1.23 bits per heavy atom. The molecule has 8 nitrogen and oxygen atoms in total. The zero-order chi connectivity index (χ0) is 22.8. The number of amides is 5. The molecule has 1 heterocycles. The zero-order valence-corrected chi connectivity index (χ0v) is 18.5. The number of hydrogen-bond acceptors (Lipinski definition) is 4. The molecule has 0 atom stereocenters. The van der Waals surface area contributed by atoms with Crippen LogP contribution in [0.25, 0.3) is 0 Å². The van der Waals surface area contributed by atoms with Crippen molar-refractivity contribution >= 4 is 23.8 Å². The van der Waals surface area contributed by atoms with Gasteiger partial charge >= 0.3 is 6.03 Å². The molecule has 1 aliphatic carbocycles. The van der Waals surface area contributed by atoms with E-state index in [4.69, 9.17) is 5.73 Å². The van der Waals surface area contributed by atoms with Gasteiger partial charge in [-0.3, -0.25) is 19.3 Å². The fourth-order valence-electron chi connectivity index (χ4n) is 4.56. The lowest BCUT2D eigenvalue weighted by molar-refractivity contribution is -0.136. The monoisotopic (exact) mass is 428 g/mol. The number of carbonyl (C=O) groups excluding carboxylic acids is 4. The maximum Gasteiger partial charge on any atom is 0.325 e. The first-order valence-corrected chi connectivity index (χ1v) is 10.8. The SMILES string of the molecule is CC(C)(C)C1CCC2(CC1)NC(=O)N(CC(=O)NCCc1cccc(C(N)=O)c1)C2=O. The molecular weight excluding hydrogens is 396 g/mol. The number of nitrogens with one attached hydrogen (secondary N) is 2. The van der Waals surface area contributed by atoms with Gasteiger partial charge in [-0.2, -0.15) is 0 Å². The lowest BCUT2D eigenvalue weighted by atomic mass is 9.67. The summed E-state index contributed by atoms with van der Waals surface area (Å²) in [5, 5.41) is 5.60. The van der Waals surface area contributed by atoms with E-state index >= 15 is 0 Å². The molecule has 1 saturated carbocycles. The number of imide groups is 1. The Morgan fingerprint density at radius 3 is 2.52 bits per heavy atom. The van der Waals surface area contributed by atoms with E-state index in [2.05, 4.69) is 31.4 Å². The van der Waals surface area contributed by atoms with E-state index < -0.39 is 23.4 Å². The summed E-state index contributed by atoms with van der Waals surface area (Å²) in [6.07, 6.45) is 3.46. The van der Waals surface area contributed by atoms with Crippen molar-refractivity contribution in [1.29, 1.82) is 0 Å². The predicted molar refractivity (Wildman–Crippen MR) is 116 cm³/mol. The van der Waals surface area contributed by atoms with Crippen molar-refractivity contribution in [2.24, 2.45) is 17.1 Å². The van der Waals surface area contributed by atoms with Crippen LogP contribution in [0.3, 0.4) is 0 Å². The van der Waals surface area contributed by atoms with Gasteiger partial charge in [0.05, 0.1) is 0 Å². The van der Waals surface area contributed by atoms with Gasteiger partial charge in [0.2, 0.25) is 11.8 Å². The Hall–Kier alpha value is -2.90. The van der Waals surface area contributed by atoms with Crippen molar-refractivity contribution in [2.45, 2.75) is 58.4 Å². The van der Waals surface area contributed by atoms with Crippen LogP contribution in [0.15, 0.2) is 24.3 Å². The Kier molecular flexibility index (Phi) is 6.38. The third-order valence-corrected chi connectivity index (χ3v) is 6.56. The van der Waals surface area contributed by atoms with E-state index in [9.17, 15) is 19.2 Å². The van der Waals surface area contributed by atoms with Crippen LogP contribution in [0.2, 0.25) is 0 Å². The highest BCUT2D eigenvalue weighted by Crippen LogP contribution is 2.43. The number of nitrogens with two attached hydrogens (primary N) is 1. The minimum atomic E-state index is -0.867. The van der Waals surface area contributed by atoms with E-state index in [0.29, 0.717) is 37.3 Å². The molecule has 4 N–H and O–H groups in total. The van der Waals surface area contributed by atoms with Gasteiger partial charge in [0, 0.05) is 12.1 Å². The number of nitrogens with zero attached hydrogens (tertiary/aromatic N) is 1. The fraction of sp³-hybridized carbons (Fsp3) is 0.565. The average Bonchev–Trinajstić information content (AvgIpc) is 2.92. The maximum absolute atomic E-state index is 13.0. The van der Waals surface area contributed by atoms with Crippen molar-refractivity contribution in [3.8, 4) is 0 Å². The molecule has 1 aromatic rings. The molecule has 0 radical (unpaired) electrons. The summed E-state index contributed by atoms with van der Waals surface area (Å²) >= 11 is 0. The normalized spacial score (nSPS) is 23.7. The average molecular weight is 429 g/mol. The van der Waals surface area contributed by atoms with Gasteiger partial charge in [0.1, 0.15) is 12.1 Å². The predicted octanol–water partition coefficient (Wildman–Crippen LogP) is 1.97. The number of carbonyl (C=O) groups is 4. The van der Waals surface area contributed by atoms with Crippen LogP contribution in [0, 0.1) is 11.3 Å². The van der Waals surface area contributed by atoms with Gasteiger partial charge in [0.15, 0.2) is 0 Å². The Morgan fingerprint density at radius 2 is 1.90 bits per heavy atom. The van der Waals surface area contributed by atoms with Gasteiger partial charge in [-0.15, -0.1) is 0 Å². The second kappa shape index (κ2) is 8.69. The van der Waals surface area contributed by atoms with Gasteiger partial charge in [-0.1, -0.05) is 32.9 Å². The van der Waals surface area contributed by atoms with Gasteiger partial charge in [0.25, 0.3) is 5.91 Å². The molecule has 2 aliphatic rings. The molecular formula is C23H32N4O4. The quantitative estimate of drug-likeness (QED) is 0.600. The van der Waals surface area contributed by atoms with Crippen LogP contribution in [0.5, 0.6) is 0 Å². The van der Waals surface area contributed by atoms with E-state index in [-0.39, 0.29) is 17.9 Å². The smallest absolute Gasteiger partial charge is 0.325 e. The number of benzene rings is 1. The molecule has 1 aromatic carbocycles. The number of urea groups is 1. The van der Waals surface area contributed by atoms with E-state index in [1.54, 1.807) is 18.2 Å². The fourth-order valence-corrected chi connectivity index (χ4v) is 4.56. The summed E-state index contributed by atoms with van der Waals surface area (Å²) in [4.78, 5) is 50.1. The first kappa shape index (κ1) is 22.8. The summed E-state index contributed by atoms with van der Waals surface area (Å²) in [6, 6.07) is 6.39. The minimum absolute atomic E-state index is 0.170. The van der Waals surface area contributed by atoms with E-state index in [1.807, 2.05) is 6.07 Å². The first-order chi connectivity index (χ1) is 14.5. The summed E-state index contributed by atoms with van der Waals surface area (Å²) in [6.45, 7) is 6.63. The van der Waals surface area contributed by atoms with Crippen molar-refractivity contribution in [3.63, 3.8) is 0 Å². The summed E-state index contributed by atoms with van der Waals surface area (Å²) in [7, 11) is 0. The highest BCUT2D eigenvalue weighted by Gasteiger charge is 2.53. The molecule has 0 unspecified atom stereocenters. The van der Waals surface area contributed by atoms with Crippen LogP contribution < -0.4 is 16.4 Å². The standard InChI is InChI=1S/C23H32N4O4/c1-22(2,3)17-7-10-23(11-8-17)20(30)27(21(31)26-23)14-18(28)25-12-9-15-5-4-6-16(13-15)19(24)29/h4-6,13,17H,7-12,14H2,1-3H3,(H2,24,29)(H,25,28)(H,26,31). The maximum atomic E-state index is 13.0. The van der Waals surface area contributed by atoms with Crippen LogP contribution in [0.4, 0.5) is 4.79 Å². The van der Waals surface area contributed by atoms with Gasteiger partial charge in [-0.25, -0.2) is 4.79 Å². The number of hydrogen-bond donors (Lipinski definition) is 3. The molecule has 1 aliphatic heterocycles. The molecule has 1 spiro atoms. The Labute approximate surface area is 182 Å². The lowest BCUT2D eigenvalue weighted by Gasteiger charge is -2.40. The van der Waals surface area contributed by atoms with Crippen LogP contribution in [0.1, 0.15) is 62.4 Å². The minimum Gasteiger partial charge on any atom is -0.366 e. The number of primary amides is 1. The zero-order valence-electron chi connectivity index (χ0n) is 18.5. The van der Waals surface area contributed by atoms with Crippen LogP contribution in [-0.2, 0) is 16.0 Å². The topological polar surface area (TPSA) is 122 Å². The third kappa shape index (κ3) is 5.06. The summed E-state index contributed by atoms with van der Waals surface area (Å²) in [5.74, 6) is -0.688. The van der Waals surface area contributed by atoms with Crippen LogP contribution in [-0.4, -0.2) is 47.3 Å². The van der Waals surface area contributed by atoms with Crippen LogP contribution >= 0.6 is 0 Å². The molecule has 0 aromatic heterocycles. The molecule has 168 valence electrons. The van der Waals surface area contributed by atoms with E-state index in [0.717, 1.165) is 23.3 Å². The molecule has 5 amide bonds. The van der Waals surface area contributed by atoms with E-state index in [1.165, 1.54) is 0 Å². The lowest BCUT2D eigenvalue weighted by Crippen LogP contribution is -2.51. The second-order valence-electron chi connectivity index (χ2n) is 9.71. The largest absolute Gasteiger partial charge is 0.366 e. The Balaban J connectivity index is 1.51. The summed E-state index contributed by atoms with van der Waals surface area (Å²) < 4.78 is 0. The molecule has 2 fully saturated rings. The molecule has 0 bridgehead atoms. The second-order valence-corrected chi connectivity index (χ2v) is 9.71. The van der Waals surface area contributed by atoms with Crippen molar-refractivity contribution in [1.82, 2.24) is 15.5 Å². The highest BCUT2D eigenvalue weighted by molar-refractivity contribution is 6.09. The Bertz CT molecular complexity index is 882. The van der Waals surface area contributed by atoms with Crippen molar-refractivity contribution < 1.29 is 19.2 Å². The molecule has 3 rings (SSSR count). The molecule has 1 saturated heterocycles. The van der Waals surface area contributed by atoms with Gasteiger partial charge in [-0.05, 0) is 61.1 Å². The van der Waals surface area contributed by atoms with Crippen molar-refractivity contribution in [2.75, 3.05) is 13.1 Å². The molecule has 8 heteroatoms. The third-order valence-electron chi connectivity index (χ3n) is 6.56. The first-order valence-electron chi connectivity index (χ1n) is 10.8. The molecule has 31 heavy (non-hydrogen) atoms. The number of rotatable bonds is 6. The van der Waals surface area contributed by atoms with Crippen molar-refractivity contribution in [3.05, 3.63) is 35.4 Å². The highest BCUT2D eigenvalue weighted by atomic mass is 16.2.